The second kappa shape index (κ2) is 5.64. The van der Waals surface area contributed by atoms with Crippen molar-refractivity contribution in [1.29, 1.82) is 0 Å². The number of sulfone groups is 1. The monoisotopic (exact) mass is 318 g/mol. The molecule has 7 heteroatoms. The van der Waals surface area contributed by atoms with Crippen LogP contribution in [0.1, 0.15) is 18.4 Å². The highest BCUT2D eigenvalue weighted by Gasteiger charge is 2.24. The van der Waals surface area contributed by atoms with Crippen LogP contribution in [0, 0.1) is 0 Å². The van der Waals surface area contributed by atoms with Crippen molar-refractivity contribution in [3.8, 4) is 0 Å². The Balaban J connectivity index is 2.13. The number of nitrogens with one attached hydrogen (secondary N) is 1. The molecule has 1 fully saturated rings. The molecule has 0 saturated carbocycles. The van der Waals surface area contributed by atoms with E-state index in [1.54, 1.807) is 18.2 Å². The van der Waals surface area contributed by atoms with Gasteiger partial charge in [-0.2, -0.15) is 0 Å². The van der Waals surface area contributed by atoms with Gasteiger partial charge in [0.2, 0.25) is 0 Å². The summed E-state index contributed by atoms with van der Waals surface area (Å²) in [6, 6.07) is 5.14. The van der Waals surface area contributed by atoms with Crippen LogP contribution >= 0.6 is 23.8 Å². The van der Waals surface area contributed by atoms with Crippen LogP contribution in [-0.4, -0.2) is 31.0 Å². The Hall–Kier alpha value is -0.850. The zero-order chi connectivity index (χ0) is 14.0. The van der Waals surface area contributed by atoms with Crippen LogP contribution in [0.5, 0.6) is 0 Å². The number of hydrogen-bond donors (Lipinski definition) is 2. The van der Waals surface area contributed by atoms with Gasteiger partial charge in [-0.3, -0.25) is 0 Å². The Labute approximate surface area is 123 Å². The van der Waals surface area contributed by atoms with E-state index in [-0.39, 0.29) is 22.5 Å². The van der Waals surface area contributed by atoms with E-state index in [0.717, 1.165) is 6.42 Å². The fraction of sp³-hybridized carbons (Fsp3) is 0.417. The first kappa shape index (κ1) is 14.6. The maximum atomic E-state index is 11.6. The number of anilines is 1. The summed E-state index contributed by atoms with van der Waals surface area (Å²) in [5, 5.41) is 3.67. The third-order valence-corrected chi connectivity index (χ3v) is 5.45. The first-order valence-corrected chi connectivity index (χ1v) is 8.54. The smallest absolute Gasteiger partial charge is 0.152 e. The van der Waals surface area contributed by atoms with Crippen molar-refractivity contribution in [2.24, 2.45) is 5.73 Å². The minimum atomic E-state index is -2.93. The number of thiocarbonyl (C=S) groups is 1. The summed E-state index contributed by atoms with van der Waals surface area (Å²) < 4.78 is 23.1. The lowest BCUT2D eigenvalue weighted by atomic mass is 10.1. The van der Waals surface area contributed by atoms with Crippen LogP contribution in [0.3, 0.4) is 0 Å². The zero-order valence-corrected chi connectivity index (χ0v) is 12.6. The predicted molar refractivity (Wildman–Crippen MR) is 82.6 cm³/mol. The molecule has 19 heavy (non-hydrogen) atoms. The lowest BCUT2D eigenvalue weighted by Gasteiger charge is -2.24. The Morgan fingerprint density at radius 1 is 1.47 bits per heavy atom. The molecule has 0 aromatic heterocycles. The quantitative estimate of drug-likeness (QED) is 0.834. The predicted octanol–water partition coefficient (Wildman–Crippen LogP) is 1.96. The first-order valence-electron chi connectivity index (χ1n) is 5.94. The minimum Gasteiger partial charge on any atom is -0.389 e. The van der Waals surface area contributed by atoms with Gasteiger partial charge in [0.15, 0.2) is 9.84 Å². The average molecular weight is 319 g/mol. The number of nitrogens with two attached hydrogens (primary N) is 1. The Kier molecular flexibility index (Phi) is 4.32. The molecule has 1 saturated heterocycles. The van der Waals surface area contributed by atoms with Gasteiger partial charge >= 0.3 is 0 Å². The second-order valence-corrected chi connectivity index (χ2v) is 7.73. The van der Waals surface area contributed by atoms with Crippen LogP contribution < -0.4 is 11.1 Å². The number of hydrogen-bond acceptors (Lipinski definition) is 4. The summed E-state index contributed by atoms with van der Waals surface area (Å²) in [7, 11) is -2.93. The van der Waals surface area contributed by atoms with Crippen LogP contribution in [0.4, 0.5) is 5.69 Å². The molecule has 0 aliphatic carbocycles. The zero-order valence-electron chi connectivity index (χ0n) is 10.2. The lowest BCUT2D eigenvalue weighted by Crippen LogP contribution is -2.34. The highest BCUT2D eigenvalue weighted by Crippen LogP contribution is 2.26. The summed E-state index contributed by atoms with van der Waals surface area (Å²) in [4.78, 5) is 0.286. The number of rotatable bonds is 3. The van der Waals surface area contributed by atoms with Gasteiger partial charge in [0.1, 0.15) is 4.99 Å². The summed E-state index contributed by atoms with van der Waals surface area (Å²) in [6.45, 7) is 0. The van der Waals surface area contributed by atoms with Crippen LogP contribution in [-0.2, 0) is 9.84 Å². The van der Waals surface area contributed by atoms with E-state index in [0.29, 0.717) is 22.7 Å². The van der Waals surface area contributed by atoms with Crippen molar-refractivity contribution < 1.29 is 8.42 Å². The molecule has 0 spiro atoms. The largest absolute Gasteiger partial charge is 0.389 e. The van der Waals surface area contributed by atoms with Crippen molar-refractivity contribution in [1.82, 2.24) is 0 Å². The van der Waals surface area contributed by atoms with Crippen molar-refractivity contribution in [3.05, 3.63) is 28.8 Å². The van der Waals surface area contributed by atoms with E-state index in [1.165, 1.54) is 0 Å². The topological polar surface area (TPSA) is 72.2 Å². The van der Waals surface area contributed by atoms with Gasteiger partial charge < -0.3 is 11.1 Å². The molecule has 1 heterocycles. The molecule has 1 aromatic rings. The van der Waals surface area contributed by atoms with Gasteiger partial charge in [0, 0.05) is 11.6 Å². The molecule has 1 aliphatic heterocycles. The average Bonchev–Trinajstić information content (AvgIpc) is 2.30. The summed E-state index contributed by atoms with van der Waals surface area (Å²) in [5.41, 5.74) is 6.93. The van der Waals surface area contributed by atoms with E-state index in [2.05, 4.69) is 5.32 Å². The fourth-order valence-electron chi connectivity index (χ4n) is 2.14. The molecular weight excluding hydrogens is 304 g/mol. The molecule has 1 unspecified atom stereocenters. The van der Waals surface area contributed by atoms with Crippen LogP contribution in [0.15, 0.2) is 18.2 Å². The van der Waals surface area contributed by atoms with E-state index in [1.807, 2.05) is 0 Å². The molecule has 1 atom stereocenters. The van der Waals surface area contributed by atoms with E-state index >= 15 is 0 Å². The Bertz CT molecular complexity index is 602. The Morgan fingerprint density at radius 2 is 2.21 bits per heavy atom. The van der Waals surface area contributed by atoms with Gasteiger partial charge in [-0.25, -0.2) is 8.42 Å². The maximum absolute atomic E-state index is 11.6. The molecule has 0 bridgehead atoms. The molecule has 4 nitrogen and oxygen atoms in total. The summed E-state index contributed by atoms with van der Waals surface area (Å²) in [5.74, 6) is 0.430. The molecule has 0 radical (unpaired) electrons. The highest BCUT2D eigenvalue weighted by atomic mass is 35.5. The Morgan fingerprint density at radius 3 is 2.79 bits per heavy atom. The van der Waals surface area contributed by atoms with Gasteiger partial charge in [-0.1, -0.05) is 23.8 Å². The highest BCUT2D eigenvalue weighted by molar-refractivity contribution is 7.91. The van der Waals surface area contributed by atoms with E-state index in [4.69, 9.17) is 29.6 Å². The van der Waals surface area contributed by atoms with Crippen molar-refractivity contribution in [2.45, 2.75) is 18.9 Å². The van der Waals surface area contributed by atoms with Crippen LogP contribution in [0.2, 0.25) is 5.02 Å². The van der Waals surface area contributed by atoms with E-state index < -0.39 is 9.84 Å². The van der Waals surface area contributed by atoms with Gasteiger partial charge in [0.25, 0.3) is 0 Å². The molecule has 3 N–H and O–H groups in total. The van der Waals surface area contributed by atoms with Gasteiger partial charge in [0.05, 0.1) is 22.2 Å². The van der Waals surface area contributed by atoms with Crippen molar-refractivity contribution in [2.75, 3.05) is 16.8 Å². The molecule has 1 aromatic carbocycles. The molecular formula is C12H15ClN2O2S2. The normalized spacial score (nSPS) is 21.8. The standard InChI is InChI=1S/C12H15ClN2O2S2/c13-10-6-8(12(14)18)3-4-11(10)15-9-2-1-5-19(16,17)7-9/h3-4,6,9,15H,1-2,5,7H2,(H2,14,18). The second-order valence-electron chi connectivity index (χ2n) is 4.66. The first-order chi connectivity index (χ1) is 8.87. The van der Waals surface area contributed by atoms with E-state index in [9.17, 15) is 8.42 Å². The molecule has 1 aliphatic rings. The molecule has 2 rings (SSSR count). The van der Waals surface area contributed by atoms with Crippen molar-refractivity contribution >= 4 is 44.3 Å². The number of benzene rings is 1. The molecule has 0 amide bonds. The third-order valence-electron chi connectivity index (χ3n) is 3.08. The SMILES string of the molecule is NC(=S)c1ccc(NC2CCCS(=O)(=O)C2)c(Cl)c1. The summed E-state index contributed by atoms with van der Waals surface area (Å²) in [6.07, 6.45) is 1.51. The number of halogens is 1. The fourth-order valence-corrected chi connectivity index (χ4v) is 4.14. The molecule has 104 valence electrons. The third kappa shape index (κ3) is 3.81. The van der Waals surface area contributed by atoms with Crippen LogP contribution in [0.25, 0.3) is 0 Å². The van der Waals surface area contributed by atoms with Gasteiger partial charge in [-0.15, -0.1) is 0 Å². The maximum Gasteiger partial charge on any atom is 0.152 e. The summed E-state index contributed by atoms with van der Waals surface area (Å²) >= 11 is 11.0. The lowest BCUT2D eigenvalue weighted by molar-refractivity contribution is 0.562. The van der Waals surface area contributed by atoms with Gasteiger partial charge in [-0.05, 0) is 31.0 Å². The minimum absolute atomic E-state index is 0.0908. The van der Waals surface area contributed by atoms with Crippen molar-refractivity contribution in [3.63, 3.8) is 0 Å².